The van der Waals surface area contributed by atoms with Crippen LogP contribution in [-0.2, 0) is 17.6 Å². The number of benzene rings is 3. The van der Waals surface area contributed by atoms with Gasteiger partial charge in [-0.05, 0) is 60.7 Å². The van der Waals surface area contributed by atoms with Crippen molar-refractivity contribution in [3.05, 3.63) is 87.9 Å². The van der Waals surface area contributed by atoms with Crippen LogP contribution in [0.2, 0.25) is 0 Å². The summed E-state index contributed by atoms with van der Waals surface area (Å²) in [7, 11) is 0. The molecule has 0 aliphatic heterocycles. The van der Waals surface area contributed by atoms with E-state index in [1.165, 1.54) is 17.3 Å². The highest BCUT2D eigenvalue weighted by molar-refractivity contribution is 9.10. The second-order valence-corrected chi connectivity index (χ2v) is 9.83. The minimum atomic E-state index is -0.0673. The Morgan fingerprint density at radius 1 is 1.00 bits per heavy atom. The summed E-state index contributed by atoms with van der Waals surface area (Å²) < 4.78 is 3.04. The predicted molar refractivity (Wildman–Crippen MR) is 144 cm³/mol. The van der Waals surface area contributed by atoms with E-state index in [4.69, 9.17) is 0 Å². The molecule has 0 saturated carbocycles. The molecule has 0 spiro atoms. The summed E-state index contributed by atoms with van der Waals surface area (Å²) in [6, 6.07) is 22.5. The van der Waals surface area contributed by atoms with Crippen molar-refractivity contribution in [3.63, 3.8) is 0 Å². The molecule has 0 radical (unpaired) electrons. The molecule has 3 aromatic carbocycles. The smallest absolute Gasteiger partial charge is 0.234 e. The number of carbonyl (C=O) groups is 1. The number of nitrogens with zero attached hydrogens (tertiary/aromatic N) is 3. The summed E-state index contributed by atoms with van der Waals surface area (Å²) in [5.41, 5.74) is 6.25. The van der Waals surface area contributed by atoms with Crippen molar-refractivity contribution in [3.8, 4) is 17.1 Å². The number of amides is 1. The summed E-state index contributed by atoms with van der Waals surface area (Å²) in [4.78, 5) is 12.9. The quantitative estimate of drug-likeness (QED) is 0.251. The molecule has 4 rings (SSSR count). The molecule has 0 atom stereocenters. The lowest BCUT2D eigenvalue weighted by Crippen LogP contribution is -2.16. The Balaban J connectivity index is 1.60. The van der Waals surface area contributed by atoms with E-state index in [1.54, 1.807) is 0 Å². The third-order valence-electron chi connectivity index (χ3n) is 5.63. The van der Waals surface area contributed by atoms with Gasteiger partial charge in [0.25, 0.3) is 0 Å². The van der Waals surface area contributed by atoms with Crippen LogP contribution in [0.3, 0.4) is 0 Å². The van der Waals surface area contributed by atoms with Crippen molar-refractivity contribution in [1.82, 2.24) is 14.8 Å². The number of aryl methyl sites for hydroxylation is 3. The van der Waals surface area contributed by atoms with Gasteiger partial charge >= 0.3 is 0 Å². The van der Waals surface area contributed by atoms with Crippen molar-refractivity contribution in [2.75, 3.05) is 11.1 Å². The van der Waals surface area contributed by atoms with Crippen LogP contribution in [0.15, 0.2) is 76.4 Å². The Morgan fingerprint density at radius 2 is 1.74 bits per heavy atom. The molecule has 0 bridgehead atoms. The van der Waals surface area contributed by atoms with Crippen molar-refractivity contribution in [2.45, 2.75) is 38.8 Å². The van der Waals surface area contributed by atoms with Crippen molar-refractivity contribution in [1.29, 1.82) is 0 Å². The molecule has 4 aromatic rings. The number of aromatic nitrogens is 3. The van der Waals surface area contributed by atoms with E-state index in [0.717, 1.165) is 51.2 Å². The molecule has 1 amide bonds. The van der Waals surface area contributed by atoms with Crippen molar-refractivity contribution >= 4 is 39.3 Å². The Kier molecular flexibility index (Phi) is 7.85. The van der Waals surface area contributed by atoms with Crippen LogP contribution < -0.4 is 5.32 Å². The number of hydrogen-bond donors (Lipinski definition) is 1. The van der Waals surface area contributed by atoms with Gasteiger partial charge in [-0.15, -0.1) is 10.2 Å². The zero-order chi connectivity index (χ0) is 24.1. The van der Waals surface area contributed by atoms with Crippen molar-refractivity contribution in [2.24, 2.45) is 0 Å². The van der Waals surface area contributed by atoms with Gasteiger partial charge in [-0.2, -0.15) is 0 Å². The van der Waals surface area contributed by atoms with Crippen LogP contribution in [0.4, 0.5) is 5.69 Å². The first-order valence-corrected chi connectivity index (χ1v) is 13.1. The van der Waals surface area contributed by atoms with Gasteiger partial charge in [-0.25, -0.2) is 0 Å². The SMILES string of the molecule is CCc1ccc(-n2c(SCC(=O)Nc3c(C)cc(Br)cc3CC)nnc2-c2ccccc2)cc1. The summed E-state index contributed by atoms with van der Waals surface area (Å²) >= 11 is 4.93. The normalized spacial score (nSPS) is 10.9. The van der Waals surface area contributed by atoms with E-state index in [1.807, 2.05) is 47.9 Å². The van der Waals surface area contributed by atoms with Gasteiger partial charge in [0.1, 0.15) is 0 Å². The zero-order valence-corrected chi connectivity index (χ0v) is 21.9. The lowest BCUT2D eigenvalue weighted by atomic mass is 10.1. The lowest BCUT2D eigenvalue weighted by molar-refractivity contribution is -0.113. The predicted octanol–water partition coefficient (Wildman–Crippen LogP) is 6.86. The standard InChI is InChI=1S/C27H27BrN4OS/c1-4-19-11-13-23(14-12-19)32-26(21-9-7-6-8-10-21)30-31-27(32)34-17-24(33)29-25-18(3)15-22(28)16-20(25)5-2/h6-16H,4-5,17H2,1-3H3,(H,29,33). The molecule has 1 heterocycles. The first kappa shape index (κ1) is 24.2. The highest BCUT2D eigenvalue weighted by Crippen LogP contribution is 2.30. The molecule has 0 saturated heterocycles. The molecule has 5 nitrogen and oxygen atoms in total. The maximum atomic E-state index is 12.9. The van der Waals surface area contributed by atoms with Crippen LogP contribution in [0, 0.1) is 6.92 Å². The summed E-state index contributed by atoms with van der Waals surface area (Å²) in [6.45, 7) is 6.23. The van der Waals surface area contributed by atoms with E-state index >= 15 is 0 Å². The molecule has 1 aromatic heterocycles. The van der Waals surface area contributed by atoms with E-state index in [2.05, 4.69) is 75.6 Å². The number of nitrogens with one attached hydrogen (secondary N) is 1. The van der Waals surface area contributed by atoms with E-state index in [-0.39, 0.29) is 11.7 Å². The number of anilines is 1. The molecule has 0 unspecified atom stereocenters. The molecule has 0 aliphatic rings. The molecule has 1 N–H and O–H groups in total. The molecular formula is C27H27BrN4OS. The fourth-order valence-corrected chi connectivity index (χ4v) is 5.20. The lowest BCUT2D eigenvalue weighted by Gasteiger charge is -2.14. The minimum absolute atomic E-state index is 0.0673. The number of thioether (sulfide) groups is 1. The maximum Gasteiger partial charge on any atom is 0.234 e. The molecule has 0 fully saturated rings. The second kappa shape index (κ2) is 11.0. The van der Waals surface area contributed by atoms with E-state index in [0.29, 0.717) is 5.16 Å². The van der Waals surface area contributed by atoms with Crippen LogP contribution in [0.1, 0.15) is 30.5 Å². The van der Waals surface area contributed by atoms with Gasteiger partial charge in [0.15, 0.2) is 11.0 Å². The summed E-state index contributed by atoms with van der Waals surface area (Å²) in [5.74, 6) is 0.922. The molecule has 174 valence electrons. The fourth-order valence-electron chi connectivity index (χ4n) is 3.83. The highest BCUT2D eigenvalue weighted by Gasteiger charge is 2.18. The van der Waals surface area contributed by atoms with E-state index < -0.39 is 0 Å². The topological polar surface area (TPSA) is 59.8 Å². The Hall–Kier alpha value is -2.90. The fraction of sp³-hybridized carbons (Fsp3) is 0.222. The Morgan fingerprint density at radius 3 is 2.41 bits per heavy atom. The largest absolute Gasteiger partial charge is 0.325 e. The number of carbonyl (C=O) groups excluding carboxylic acids is 1. The molecular weight excluding hydrogens is 508 g/mol. The van der Waals surface area contributed by atoms with Crippen LogP contribution in [0.25, 0.3) is 17.1 Å². The minimum Gasteiger partial charge on any atom is -0.325 e. The average molecular weight is 536 g/mol. The van der Waals surface area contributed by atoms with Gasteiger partial charge in [-0.1, -0.05) is 84.0 Å². The molecule has 0 aliphatic carbocycles. The van der Waals surface area contributed by atoms with E-state index in [9.17, 15) is 4.79 Å². The Labute approximate surface area is 213 Å². The monoisotopic (exact) mass is 534 g/mol. The number of hydrogen-bond acceptors (Lipinski definition) is 4. The summed E-state index contributed by atoms with van der Waals surface area (Å²) in [5, 5.41) is 12.7. The maximum absolute atomic E-state index is 12.9. The number of halogens is 1. The third-order valence-corrected chi connectivity index (χ3v) is 7.01. The average Bonchev–Trinajstić information content (AvgIpc) is 3.28. The third kappa shape index (κ3) is 5.42. The van der Waals surface area contributed by atoms with Crippen LogP contribution >= 0.6 is 27.7 Å². The van der Waals surface area contributed by atoms with Crippen molar-refractivity contribution < 1.29 is 4.79 Å². The van der Waals surface area contributed by atoms with Gasteiger partial charge in [0.2, 0.25) is 5.91 Å². The molecule has 7 heteroatoms. The first-order valence-electron chi connectivity index (χ1n) is 11.3. The van der Waals surface area contributed by atoms with Crippen LogP contribution in [-0.4, -0.2) is 26.4 Å². The van der Waals surface area contributed by atoms with Gasteiger partial charge in [0, 0.05) is 21.4 Å². The molecule has 34 heavy (non-hydrogen) atoms. The van der Waals surface area contributed by atoms with Gasteiger partial charge < -0.3 is 5.32 Å². The summed E-state index contributed by atoms with van der Waals surface area (Å²) in [6.07, 6.45) is 1.82. The first-order chi connectivity index (χ1) is 16.5. The van der Waals surface area contributed by atoms with Gasteiger partial charge in [0.05, 0.1) is 5.75 Å². The highest BCUT2D eigenvalue weighted by atomic mass is 79.9. The Bertz CT molecular complexity index is 1290. The second-order valence-electron chi connectivity index (χ2n) is 7.97. The number of rotatable bonds is 8. The zero-order valence-electron chi connectivity index (χ0n) is 19.5. The van der Waals surface area contributed by atoms with Gasteiger partial charge in [-0.3, -0.25) is 9.36 Å². The van der Waals surface area contributed by atoms with Crippen LogP contribution in [0.5, 0.6) is 0 Å².